The zero-order valence-electron chi connectivity index (χ0n) is 17.4. The highest BCUT2D eigenvalue weighted by molar-refractivity contribution is 9.10. The fourth-order valence-electron chi connectivity index (χ4n) is 4.18. The molecule has 2 heterocycles. The molecule has 2 aromatic heterocycles. The van der Waals surface area contributed by atoms with Crippen molar-refractivity contribution in [1.82, 2.24) is 19.3 Å². The number of thioether (sulfide) groups is 1. The minimum Gasteiger partial charge on any atom is -0.506 e. The van der Waals surface area contributed by atoms with E-state index in [-0.39, 0.29) is 29.7 Å². The van der Waals surface area contributed by atoms with Crippen molar-refractivity contribution in [3.05, 3.63) is 75.7 Å². The number of carbonyl (C=O) groups is 1. The molecule has 1 fully saturated rings. The molecular weight excluding hydrogens is 511 g/mol. The molecular formula is C23H20BrFN4O3S. The van der Waals surface area contributed by atoms with Gasteiger partial charge >= 0.3 is 5.97 Å². The minimum absolute atomic E-state index is 0.0148. The summed E-state index contributed by atoms with van der Waals surface area (Å²) in [5, 5.41) is 25.7. The summed E-state index contributed by atoms with van der Waals surface area (Å²) in [5.41, 5.74) is 2.67. The fourth-order valence-corrected chi connectivity index (χ4v) is 5.67. The van der Waals surface area contributed by atoms with Crippen LogP contribution in [0.15, 0.2) is 47.5 Å². The lowest BCUT2D eigenvalue weighted by Crippen LogP contribution is -2.06. The standard InChI is InChI=1S/C23H20BrFN4O3S/c24-16-7-18-20(15(22(16)30)8-28-12-26-11-27-28)21(23(31)32)19(29(18)14-5-6-14)10-33-9-13-3-1-2-4-17(13)25/h1-4,7,11-12,14,30H,5-6,8-10H2,(H,31,32). The zero-order chi connectivity index (χ0) is 23.1. The number of fused-ring (bicyclic) bond motifs is 1. The van der Waals surface area contributed by atoms with E-state index < -0.39 is 5.97 Å². The van der Waals surface area contributed by atoms with Crippen LogP contribution in [0.5, 0.6) is 5.75 Å². The van der Waals surface area contributed by atoms with Crippen LogP contribution in [0.4, 0.5) is 4.39 Å². The van der Waals surface area contributed by atoms with E-state index >= 15 is 0 Å². The largest absolute Gasteiger partial charge is 0.506 e. The Morgan fingerprint density at radius 3 is 2.73 bits per heavy atom. The van der Waals surface area contributed by atoms with E-state index in [0.29, 0.717) is 38.2 Å². The number of benzene rings is 2. The van der Waals surface area contributed by atoms with Crippen LogP contribution in [-0.4, -0.2) is 35.5 Å². The Morgan fingerprint density at radius 1 is 1.27 bits per heavy atom. The highest BCUT2D eigenvalue weighted by Gasteiger charge is 2.34. The van der Waals surface area contributed by atoms with Crippen LogP contribution in [0.2, 0.25) is 0 Å². The van der Waals surface area contributed by atoms with Gasteiger partial charge < -0.3 is 14.8 Å². The van der Waals surface area contributed by atoms with Gasteiger partial charge in [0.05, 0.1) is 22.1 Å². The van der Waals surface area contributed by atoms with Gasteiger partial charge in [0.25, 0.3) is 0 Å². The van der Waals surface area contributed by atoms with E-state index in [1.54, 1.807) is 28.9 Å². The van der Waals surface area contributed by atoms with Crippen molar-refractivity contribution in [3.63, 3.8) is 0 Å². The summed E-state index contributed by atoms with van der Waals surface area (Å²) in [4.78, 5) is 16.5. The number of aromatic hydroxyl groups is 1. The Labute approximate surface area is 201 Å². The molecule has 5 rings (SSSR count). The summed E-state index contributed by atoms with van der Waals surface area (Å²) >= 11 is 4.91. The number of hydrogen-bond donors (Lipinski definition) is 2. The van der Waals surface area contributed by atoms with Crippen molar-refractivity contribution >= 4 is 44.6 Å². The second kappa shape index (κ2) is 8.83. The molecule has 0 spiro atoms. The van der Waals surface area contributed by atoms with Crippen LogP contribution in [-0.2, 0) is 18.1 Å². The summed E-state index contributed by atoms with van der Waals surface area (Å²) in [5.74, 6) is -0.502. The number of phenols is 1. The maximum Gasteiger partial charge on any atom is 0.338 e. The summed E-state index contributed by atoms with van der Waals surface area (Å²) in [6.07, 6.45) is 4.84. The highest BCUT2D eigenvalue weighted by atomic mass is 79.9. The number of phenolic OH excluding ortho intramolecular Hbond substituents is 1. The topological polar surface area (TPSA) is 93.2 Å². The summed E-state index contributed by atoms with van der Waals surface area (Å²) < 4.78 is 18.2. The third kappa shape index (κ3) is 4.13. The Kier molecular flexibility index (Phi) is 5.88. The first-order chi connectivity index (χ1) is 16.0. The van der Waals surface area contributed by atoms with Gasteiger partial charge in [-0.3, -0.25) is 0 Å². The van der Waals surface area contributed by atoms with E-state index in [1.807, 2.05) is 0 Å². The average Bonchev–Trinajstić information content (AvgIpc) is 3.38. The van der Waals surface area contributed by atoms with Crippen LogP contribution >= 0.6 is 27.7 Å². The lowest BCUT2D eigenvalue weighted by Gasteiger charge is -2.12. The molecule has 2 N–H and O–H groups in total. The maximum absolute atomic E-state index is 14.1. The van der Waals surface area contributed by atoms with Gasteiger partial charge in [-0.2, -0.15) is 16.9 Å². The van der Waals surface area contributed by atoms with E-state index in [4.69, 9.17) is 0 Å². The quantitative estimate of drug-likeness (QED) is 0.318. The van der Waals surface area contributed by atoms with Crippen molar-refractivity contribution in [3.8, 4) is 5.75 Å². The van der Waals surface area contributed by atoms with E-state index in [0.717, 1.165) is 18.4 Å². The molecule has 0 amide bonds. The Morgan fingerprint density at radius 2 is 2.06 bits per heavy atom. The Hall–Kier alpha value is -2.85. The molecule has 1 saturated carbocycles. The third-order valence-corrected chi connectivity index (χ3v) is 7.39. The zero-order valence-corrected chi connectivity index (χ0v) is 19.8. The molecule has 0 atom stereocenters. The summed E-state index contributed by atoms with van der Waals surface area (Å²) in [7, 11) is 0. The normalized spacial score (nSPS) is 13.6. The molecule has 0 bridgehead atoms. The molecule has 0 aliphatic heterocycles. The number of aromatic nitrogens is 4. The molecule has 33 heavy (non-hydrogen) atoms. The number of halogens is 2. The van der Waals surface area contributed by atoms with Gasteiger partial charge in [0, 0.05) is 34.2 Å². The summed E-state index contributed by atoms with van der Waals surface area (Å²) in [6, 6.07) is 8.60. The second-order valence-electron chi connectivity index (χ2n) is 7.98. The fraction of sp³-hybridized carbons (Fsp3) is 0.261. The molecule has 1 aliphatic carbocycles. The van der Waals surface area contributed by atoms with Crippen molar-refractivity contribution in [2.75, 3.05) is 0 Å². The van der Waals surface area contributed by atoms with Gasteiger partial charge in [-0.25, -0.2) is 18.9 Å². The van der Waals surface area contributed by atoms with Gasteiger partial charge in [-0.05, 0) is 46.5 Å². The molecule has 4 aromatic rings. The number of carboxylic acid groups (broad SMARTS) is 1. The monoisotopic (exact) mass is 530 g/mol. The first-order valence-corrected chi connectivity index (χ1v) is 12.3. The molecule has 170 valence electrons. The molecule has 1 aliphatic rings. The SMILES string of the molecule is O=C(O)c1c(CSCc2ccccc2F)n(C2CC2)c2cc(Br)c(O)c(Cn3cncn3)c12. The third-order valence-electron chi connectivity index (χ3n) is 5.79. The van der Waals surface area contributed by atoms with Crippen molar-refractivity contribution in [1.29, 1.82) is 0 Å². The lowest BCUT2D eigenvalue weighted by atomic mass is 10.0. The van der Waals surface area contributed by atoms with Crippen molar-refractivity contribution < 1.29 is 19.4 Å². The number of nitrogens with zero attached hydrogens (tertiary/aromatic N) is 4. The van der Waals surface area contributed by atoms with Crippen LogP contribution in [0.3, 0.4) is 0 Å². The van der Waals surface area contributed by atoms with E-state index in [2.05, 4.69) is 30.6 Å². The molecule has 7 nitrogen and oxygen atoms in total. The predicted octanol–water partition coefficient (Wildman–Crippen LogP) is 5.35. The van der Waals surface area contributed by atoms with Crippen LogP contribution < -0.4 is 0 Å². The minimum atomic E-state index is -1.05. The Bertz CT molecular complexity index is 1350. The van der Waals surface area contributed by atoms with Crippen LogP contribution in [0.25, 0.3) is 10.9 Å². The molecule has 0 unspecified atom stereocenters. The molecule has 0 radical (unpaired) electrons. The van der Waals surface area contributed by atoms with E-state index in [9.17, 15) is 19.4 Å². The predicted molar refractivity (Wildman–Crippen MR) is 127 cm³/mol. The van der Waals surface area contributed by atoms with Gasteiger partial charge in [-0.15, -0.1) is 0 Å². The second-order valence-corrected chi connectivity index (χ2v) is 9.82. The lowest BCUT2D eigenvalue weighted by molar-refractivity contribution is 0.0697. The molecule has 0 saturated heterocycles. The first-order valence-electron chi connectivity index (χ1n) is 10.4. The number of carboxylic acids is 1. The maximum atomic E-state index is 14.1. The molecule has 10 heteroatoms. The van der Waals surface area contributed by atoms with Gasteiger partial charge in [0.2, 0.25) is 0 Å². The molecule has 2 aromatic carbocycles. The van der Waals surface area contributed by atoms with Crippen molar-refractivity contribution in [2.45, 2.75) is 36.9 Å². The van der Waals surface area contributed by atoms with Gasteiger partial charge in [0.15, 0.2) is 0 Å². The van der Waals surface area contributed by atoms with Crippen molar-refractivity contribution in [2.24, 2.45) is 0 Å². The number of hydrogen-bond acceptors (Lipinski definition) is 5. The smallest absolute Gasteiger partial charge is 0.338 e. The van der Waals surface area contributed by atoms with E-state index in [1.165, 1.54) is 30.5 Å². The van der Waals surface area contributed by atoms with Gasteiger partial charge in [0.1, 0.15) is 24.2 Å². The average molecular weight is 531 g/mol. The first kappa shape index (κ1) is 22.0. The highest BCUT2D eigenvalue weighted by Crippen LogP contribution is 2.46. The number of rotatable bonds is 8. The Balaban J connectivity index is 1.63. The number of aromatic carboxylic acids is 1. The van der Waals surface area contributed by atoms with Crippen LogP contribution in [0, 0.1) is 5.82 Å². The van der Waals surface area contributed by atoms with Crippen LogP contribution in [0.1, 0.15) is 46.1 Å². The summed E-state index contributed by atoms with van der Waals surface area (Å²) in [6.45, 7) is 0.179. The van der Waals surface area contributed by atoms with Gasteiger partial charge in [-0.1, -0.05) is 18.2 Å².